The van der Waals surface area contributed by atoms with Crippen molar-refractivity contribution in [3.05, 3.63) is 56.0 Å². The van der Waals surface area contributed by atoms with E-state index >= 15 is 0 Å². The van der Waals surface area contributed by atoms with Crippen LogP contribution in [0.3, 0.4) is 0 Å². The smallest absolute Gasteiger partial charge is 0.206 e. The van der Waals surface area contributed by atoms with Gasteiger partial charge in [-0.1, -0.05) is 58.5 Å². The number of benzene rings is 2. The molecular formula is C14H10Cl4N4. The van der Waals surface area contributed by atoms with Crippen molar-refractivity contribution in [2.45, 2.75) is 5.79 Å². The maximum atomic E-state index is 6.39. The summed E-state index contributed by atoms with van der Waals surface area (Å²) in [7, 11) is 0. The van der Waals surface area contributed by atoms with Crippen LogP contribution in [0.4, 0.5) is 0 Å². The van der Waals surface area contributed by atoms with Crippen LogP contribution in [0.5, 0.6) is 0 Å². The standard InChI is InChI=1S/C14H10Cl4N4/c15-9-3-1-2-8(13(9)18)12-10(16)4-7(5-11(12)17)14(19)20-6-21-22-14/h1-6,22H,19H2,(H,20,21). The molecule has 22 heavy (non-hydrogen) atoms. The highest BCUT2D eigenvalue weighted by molar-refractivity contribution is 6.45. The number of hydrogen-bond acceptors (Lipinski definition) is 4. The molecule has 0 aromatic heterocycles. The van der Waals surface area contributed by atoms with Gasteiger partial charge in [-0.2, -0.15) is 5.43 Å². The fourth-order valence-corrected chi connectivity index (χ4v) is 3.29. The van der Waals surface area contributed by atoms with Crippen LogP contribution in [-0.4, -0.2) is 6.34 Å². The highest BCUT2D eigenvalue weighted by atomic mass is 35.5. The van der Waals surface area contributed by atoms with E-state index in [1.807, 2.05) is 0 Å². The van der Waals surface area contributed by atoms with Gasteiger partial charge in [-0.05, 0) is 18.2 Å². The van der Waals surface area contributed by atoms with Gasteiger partial charge in [0.15, 0.2) is 0 Å². The Morgan fingerprint density at radius 2 is 1.68 bits per heavy atom. The van der Waals surface area contributed by atoms with Gasteiger partial charge in [-0.25, -0.2) is 4.99 Å². The van der Waals surface area contributed by atoms with E-state index < -0.39 is 5.79 Å². The van der Waals surface area contributed by atoms with Crippen molar-refractivity contribution in [1.82, 2.24) is 10.9 Å². The summed E-state index contributed by atoms with van der Waals surface area (Å²) >= 11 is 25.1. The van der Waals surface area contributed by atoms with E-state index in [0.29, 0.717) is 36.8 Å². The number of rotatable bonds is 2. The van der Waals surface area contributed by atoms with Gasteiger partial charge in [-0.3, -0.25) is 5.73 Å². The molecule has 0 saturated heterocycles. The van der Waals surface area contributed by atoms with Crippen LogP contribution in [0.2, 0.25) is 20.1 Å². The zero-order chi connectivity index (χ0) is 15.9. The van der Waals surface area contributed by atoms with Gasteiger partial charge >= 0.3 is 0 Å². The summed E-state index contributed by atoms with van der Waals surface area (Å²) in [5, 5.41) is 1.62. The Balaban J connectivity index is 2.15. The Morgan fingerprint density at radius 3 is 2.27 bits per heavy atom. The normalized spacial score (nSPS) is 20.2. The van der Waals surface area contributed by atoms with E-state index in [4.69, 9.17) is 52.1 Å². The Hall–Kier alpha value is -1.01. The lowest BCUT2D eigenvalue weighted by atomic mass is 10.0. The van der Waals surface area contributed by atoms with Crippen molar-refractivity contribution >= 4 is 52.7 Å². The topological polar surface area (TPSA) is 62.4 Å². The van der Waals surface area contributed by atoms with Crippen LogP contribution < -0.4 is 16.6 Å². The van der Waals surface area contributed by atoms with E-state index in [9.17, 15) is 0 Å². The van der Waals surface area contributed by atoms with Gasteiger partial charge < -0.3 is 5.43 Å². The number of halogens is 4. The summed E-state index contributed by atoms with van der Waals surface area (Å²) < 4.78 is 0. The second-order valence-corrected chi connectivity index (χ2v) is 6.31. The second kappa shape index (κ2) is 5.89. The van der Waals surface area contributed by atoms with Crippen LogP contribution in [-0.2, 0) is 5.79 Å². The summed E-state index contributed by atoms with van der Waals surface area (Å²) in [5.41, 5.74) is 13.5. The van der Waals surface area contributed by atoms with E-state index in [0.717, 1.165) is 0 Å². The van der Waals surface area contributed by atoms with Gasteiger partial charge in [0.25, 0.3) is 0 Å². The fraction of sp³-hybridized carbons (Fsp3) is 0.0714. The lowest BCUT2D eigenvalue weighted by molar-refractivity contribution is 0.375. The predicted molar refractivity (Wildman–Crippen MR) is 92.5 cm³/mol. The largest absolute Gasteiger partial charge is 0.309 e. The molecule has 3 rings (SSSR count). The molecule has 0 aliphatic carbocycles. The van der Waals surface area contributed by atoms with E-state index in [1.54, 1.807) is 30.3 Å². The van der Waals surface area contributed by atoms with Gasteiger partial charge in [0.2, 0.25) is 5.79 Å². The number of hydrazine groups is 1. The average Bonchev–Trinajstić information content (AvgIpc) is 2.91. The first-order valence-electron chi connectivity index (χ1n) is 6.21. The molecule has 2 aromatic carbocycles. The molecule has 0 amide bonds. The molecule has 114 valence electrons. The van der Waals surface area contributed by atoms with Crippen molar-refractivity contribution in [2.75, 3.05) is 0 Å². The maximum Gasteiger partial charge on any atom is 0.206 e. The Kier molecular flexibility index (Phi) is 4.25. The molecule has 0 radical (unpaired) electrons. The third-order valence-electron chi connectivity index (χ3n) is 3.30. The minimum absolute atomic E-state index is 0.391. The molecule has 0 saturated carbocycles. The predicted octanol–water partition coefficient (Wildman–Crippen LogP) is 4.17. The fourth-order valence-electron chi connectivity index (χ4n) is 2.20. The maximum absolute atomic E-state index is 6.39. The van der Waals surface area contributed by atoms with Crippen LogP contribution in [0.25, 0.3) is 11.1 Å². The van der Waals surface area contributed by atoms with Gasteiger partial charge in [0, 0.05) is 16.7 Å². The average molecular weight is 376 g/mol. The monoisotopic (exact) mass is 374 g/mol. The molecule has 1 atom stereocenters. The first kappa shape index (κ1) is 15.9. The Morgan fingerprint density at radius 1 is 1.00 bits per heavy atom. The quantitative estimate of drug-likeness (QED) is 0.737. The molecule has 4 nitrogen and oxygen atoms in total. The molecular weight excluding hydrogens is 366 g/mol. The first-order valence-corrected chi connectivity index (χ1v) is 7.73. The molecule has 1 unspecified atom stereocenters. The summed E-state index contributed by atoms with van der Waals surface area (Å²) in [6.45, 7) is 0. The highest BCUT2D eigenvalue weighted by Crippen LogP contribution is 2.42. The van der Waals surface area contributed by atoms with Gasteiger partial charge in [0.1, 0.15) is 6.34 Å². The molecule has 8 heteroatoms. The van der Waals surface area contributed by atoms with Crippen LogP contribution >= 0.6 is 46.4 Å². The van der Waals surface area contributed by atoms with Crippen molar-refractivity contribution in [3.8, 4) is 11.1 Å². The molecule has 1 heterocycles. The van der Waals surface area contributed by atoms with Crippen LogP contribution in [0.1, 0.15) is 5.56 Å². The molecule has 1 aliphatic heterocycles. The molecule has 0 fully saturated rings. The highest BCUT2D eigenvalue weighted by Gasteiger charge is 2.30. The molecule has 2 aromatic rings. The number of nitrogens with one attached hydrogen (secondary N) is 2. The summed E-state index contributed by atoms with van der Waals surface area (Å²) in [4.78, 5) is 4.12. The molecule has 1 aliphatic rings. The third-order valence-corrected chi connectivity index (χ3v) is 4.71. The van der Waals surface area contributed by atoms with Gasteiger partial charge in [0.05, 0.1) is 20.1 Å². The molecule has 0 bridgehead atoms. The van der Waals surface area contributed by atoms with Crippen molar-refractivity contribution in [3.63, 3.8) is 0 Å². The molecule has 0 spiro atoms. The van der Waals surface area contributed by atoms with Crippen LogP contribution in [0.15, 0.2) is 35.3 Å². The summed E-state index contributed by atoms with van der Waals surface area (Å²) in [6, 6.07) is 8.66. The summed E-state index contributed by atoms with van der Waals surface area (Å²) in [5.74, 6) is -1.12. The number of hydrogen-bond donors (Lipinski definition) is 3. The number of nitrogens with two attached hydrogens (primary N) is 1. The van der Waals surface area contributed by atoms with E-state index in [1.165, 1.54) is 6.34 Å². The van der Waals surface area contributed by atoms with E-state index in [-0.39, 0.29) is 0 Å². The zero-order valence-electron chi connectivity index (χ0n) is 11.0. The minimum atomic E-state index is -1.12. The second-order valence-electron chi connectivity index (χ2n) is 4.71. The van der Waals surface area contributed by atoms with Crippen molar-refractivity contribution in [2.24, 2.45) is 10.7 Å². The van der Waals surface area contributed by atoms with E-state index in [2.05, 4.69) is 15.8 Å². The lowest BCUT2D eigenvalue weighted by Gasteiger charge is -2.22. The lowest BCUT2D eigenvalue weighted by Crippen LogP contribution is -2.49. The third kappa shape index (κ3) is 2.67. The molecule has 4 N–H and O–H groups in total. The zero-order valence-corrected chi connectivity index (χ0v) is 14.0. The van der Waals surface area contributed by atoms with Crippen molar-refractivity contribution < 1.29 is 0 Å². The summed E-state index contributed by atoms with van der Waals surface area (Å²) in [6.07, 6.45) is 1.46. The minimum Gasteiger partial charge on any atom is -0.309 e. The SMILES string of the molecule is NC1(c2cc(Cl)c(-c3cccc(Cl)c3Cl)c(Cl)c2)N=CNN1. The number of nitrogens with zero attached hydrogens (tertiary/aromatic N) is 1. The van der Waals surface area contributed by atoms with Crippen molar-refractivity contribution in [1.29, 1.82) is 0 Å². The Labute approximate surface area is 147 Å². The van der Waals surface area contributed by atoms with Gasteiger partial charge in [-0.15, -0.1) is 0 Å². The van der Waals surface area contributed by atoms with Crippen LogP contribution in [0, 0.1) is 0 Å². The first-order chi connectivity index (χ1) is 10.4. The Bertz CT molecular complexity index is 754. The number of aliphatic imine (C=N–C) groups is 1.